The zero-order chi connectivity index (χ0) is 14.5. The Hall–Kier alpha value is -1.36. The molecule has 1 aliphatic rings. The Kier molecular flexibility index (Phi) is 5.17. The van der Waals surface area contributed by atoms with Crippen LogP contribution in [-0.2, 0) is 6.54 Å². The Morgan fingerprint density at radius 2 is 2.20 bits per heavy atom. The quantitative estimate of drug-likeness (QED) is 0.831. The average Bonchev–Trinajstić information content (AvgIpc) is 3.05. The minimum absolute atomic E-state index is 0.00442. The molecule has 5 nitrogen and oxygen atoms in total. The molecule has 1 aliphatic carbocycles. The van der Waals surface area contributed by atoms with Crippen molar-refractivity contribution < 1.29 is 14.4 Å². The molecule has 1 aromatic heterocycles. The maximum Gasteiger partial charge on any atom is 0.358 e. The summed E-state index contributed by atoms with van der Waals surface area (Å²) in [5, 5.41) is 12.5. The maximum absolute atomic E-state index is 10.8. The van der Waals surface area contributed by atoms with Gasteiger partial charge in [-0.1, -0.05) is 31.8 Å². The first-order chi connectivity index (χ1) is 9.56. The van der Waals surface area contributed by atoms with Gasteiger partial charge in [0.15, 0.2) is 11.5 Å². The van der Waals surface area contributed by atoms with Gasteiger partial charge in [-0.05, 0) is 31.7 Å². The molecule has 1 heterocycles. The van der Waals surface area contributed by atoms with Crippen molar-refractivity contribution in [3.8, 4) is 0 Å². The zero-order valence-corrected chi connectivity index (χ0v) is 12.3. The normalized spacial score (nSPS) is 16.4. The van der Waals surface area contributed by atoms with Crippen molar-refractivity contribution in [3.05, 3.63) is 17.5 Å². The molecule has 1 fully saturated rings. The standard InChI is InChI=1S/C15H24N2O3/c1-11(2)7-8-17(12-5-3-4-6-12)10-13-9-14(15(18)19)16-20-13/h9,11-12H,3-8,10H2,1-2H3,(H,18,19). The molecule has 2 rings (SSSR count). The monoisotopic (exact) mass is 280 g/mol. The SMILES string of the molecule is CC(C)CCN(Cc1cc(C(=O)O)no1)C1CCCC1. The molecule has 0 bridgehead atoms. The number of hydrogen-bond acceptors (Lipinski definition) is 4. The molecule has 0 radical (unpaired) electrons. The highest BCUT2D eigenvalue weighted by Gasteiger charge is 2.24. The van der Waals surface area contributed by atoms with Crippen molar-refractivity contribution in [3.63, 3.8) is 0 Å². The Morgan fingerprint density at radius 3 is 2.75 bits per heavy atom. The van der Waals surface area contributed by atoms with E-state index in [0.29, 0.717) is 24.3 Å². The highest BCUT2D eigenvalue weighted by atomic mass is 16.5. The summed E-state index contributed by atoms with van der Waals surface area (Å²) < 4.78 is 5.15. The third kappa shape index (κ3) is 4.07. The van der Waals surface area contributed by atoms with E-state index in [9.17, 15) is 4.79 Å². The van der Waals surface area contributed by atoms with Crippen LogP contribution >= 0.6 is 0 Å². The molecule has 1 aromatic rings. The third-order valence-electron chi connectivity index (χ3n) is 3.97. The van der Waals surface area contributed by atoms with E-state index in [4.69, 9.17) is 9.63 Å². The second kappa shape index (κ2) is 6.88. The van der Waals surface area contributed by atoms with E-state index in [2.05, 4.69) is 23.9 Å². The van der Waals surface area contributed by atoms with E-state index < -0.39 is 5.97 Å². The summed E-state index contributed by atoms with van der Waals surface area (Å²) in [7, 11) is 0. The fourth-order valence-electron chi connectivity index (χ4n) is 2.77. The minimum atomic E-state index is -1.03. The molecule has 0 saturated heterocycles. The number of aromatic carboxylic acids is 1. The smallest absolute Gasteiger partial charge is 0.358 e. The minimum Gasteiger partial charge on any atom is -0.476 e. The van der Waals surface area contributed by atoms with E-state index in [1.54, 1.807) is 6.07 Å². The lowest BCUT2D eigenvalue weighted by molar-refractivity contribution is 0.0685. The summed E-state index contributed by atoms with van der Waals surface area (Å²) in [5.41, 5.74) is -0.00442. The molecule has 1 N–H and O–H groups in total. The largest absolute Gasteiger partial charge is 0.476 e. The molecular weight excluding hydrogens is 256 g/mol. The lowest BCUT2D eigenvalue weighted by Gasteiger charge is -2.28. The molecule has 0 atom stereocenters. The van der Waals surface area contributed by atoms with Gasteiger partial charge in [0.2, 0.25) is 0 Å². The van der Waals surface area contributed by atoms with Gasteiger partial charge in [0, 0.05) is 12.1 Å². The first-order valence-corrected chi connectivity index (χ1v) is 7.49. The summed E-state index contributed by atoms with van der Waals surface area (Å²) in [6.07, 6.45) is 6.20. The van der Waals surface area contributed by atoms with E-state index in [1.165, 1.54) is 25.7 Å². The molecule has 0 aliphatic heterocycles. The molecule has 20 heavy (non-hydrogen) atoms. The summed E-state index contributed by atoms with van der Waals surface area (Å²) in [6.45, 7) is 6.15. The number of carbonyl (C=O) groups is 1. The number of aromatic nitrogens is 1. The van der Waals surface area contributed by atoms with Gasteiger partial charge in [-0.15, -0.1) is 0 Å². The molecular formula is C15H24N2O3. The van der Waals surface area contributed by atoms with Crippen molar-refractivity contribution in [2.75, 3.05) is 6.54 Å². The molecule has 0 amide bonds. The lowest BCUT2D eigenvalue weighted by Crippen LogP contribution is -2.34. The van der Waals surface area contributed by atoms with Gasteiger partial charge in [-0.25, -0.2) is 4.79 Å². The predicted molar refractivity (Wildman–Crippen MR) is 75.6 cm³/mol. The molecule has 0 unspecified atom stereocenters. The topological polar surface area (TPSA) is 66.6 Å². The number of nitrogens with zero attached hydrogens (tertiary/aromatic N) is 2. The van der Waals surface area contributed by atoms with Crippen molar-refractivity contribution in [1.82, 2.24) is 10.1 Å². The lowest BCUT2D eigenvalue weighted by atomic mass is 10.1. The van der Waals surface area contributed by atoms with Crippen molar-refractivity contribution >= 4 is 5.97 Å². The van der Waals surface area contributed by atoms with Crippen LogP contribution in [0.2, 0.25) is 0 Å². The van der Waals surface area contributed by atoms with Crippen LogP contribution in [0.3, 0.4) is 0 Å². The number of carboxylic acids is 1. The fraction of sp³-hybridized carbons (Fsp3) is 0.733. The van der Waals surface area contributed by atoms with Crippen LogP contribution in [0, 0.1) is 5.92 Å². The number of carboxylic acid groups (broad SMARTS) is 1. The van der Waals surface area contributed by atoms with Crippen molar-refractivity contribution in [2.45, 2.75) is 58.5 Å². The van der Waals surface area contributed by atoms with Crippen LogP contribution in [0.15, 0.2) is 10.6 Å². The van der Waals surface area contributed by atoms with E-state index in [0.717, 1.165) is 13.0 Å². The van der Waals surface area contributed by atoms with Crippen LogP contribution in [0.5, 0.6) is 0 Å². The Labute approximate surface area is 119 Å². The van der Waals surface area contributed by atoms with Crippen LogP contribution in [0.1, 0.15) is 62.2 Å². The Balaban J connectivity index is 1.99. The van der Waals surface area contributed by atoms with E-state index in [-0.39, 0.29) is 5.69 Å². The predicted octanol–water partition coefficient (Wildman–Crippen LogP) is 3.16. The average molecular weight is 280 g/mol. The Bertz CT molecular complexity index is 436. The summed E-state index contributed by atoms with van der Waals surface area (Å²) in [5.74, 6) is 0.288. The van der Waals surface area contributed by atoms with Crippen molar-refractivity contribution in [1.29, 1.82) is 0 Å². The number of rotatable bonds is 7. The zero-order valence-electron chi connectivity index (χ0n) is 12.3. The second-order valence-corrected chi connectivity index (χ2v) is 6.07. The van der Waals surface area contributed by atoms with Gasteiger partial charge in [0.25, 0.3) is 0 Å². The van der Waals surface area contributed by atoms with Gasteiger partial charge in [0.05, 0.1) is 6.54 Å². The van der Waals surface area contributed by atoms with Crippen LogP contribution in [0.4, 0.5) is 0 Å². The van der Waals surface area contributed by atoms with Gasteiger partial charge in [-0.3, -0.25) is 4.90 Å². The summed E-state index contributed by atoms with van der Waals surface area (Å²) >= 11 is 0. The summed E-state index contributed by atoms with van der Waals surface area (Å²) in [4.78, 5) is 13.3. The molecule has 112 valence electrons. The molecule has 1 saturated carbocycles. The molecule has 0 spiro atoms. The van der Waals surface area contributed by atoms with E-state index in [1.807, 2.05) is 0 Å². The van der Waals surface area contributed by atoms with Gasteiger partial charge in [0.1, 0.15) is 0 Å². The highest BCUT2D eigenvalue weighted by Crippen LogP contribution is 2.25. The maximum atomic E-state index is 10.8. The number of hydrogen-bond donors (Lipinski definition) is 1. The second-order valence-electron chi connectivity index (χ2n) is 6.07. The van der Waals surface area contributed by atoms with Gasteiger partial charge in [-0.2, -0.15) is 0 Å². The first kappa shape index (κ1) is 15.0. The highest BCUT2D eigenvalue weighted by molar-refractivity contribution is 5.85. The van der Waals surface area contributed by atoms with Crippen LogP contribution in [0.25, 0.3) is 0 Å². The Morgan fingerprint density at radius 1 is 1.50 bits per heavy atom. The van der Waals surface area contributed by atoms with E-state index >= 15 is 0 Å². The first-order valence-electron chi connectivity index (χ1n) is 7.49. The van der Waals surface area contributed by atoms with Gasteiger partial charge >= 0.3 is 5.97 Å². The van der Waals surface area contributed by atoms with Crippen LogP contribution in [-0.4, -0.2) is 33.7 Å². The molecule has 5 heteroatoms. The van der Waals surface area contributed by atoms with Crippen LogP contribution < -0.4 is 0 Å². The van der Waals surface area contributed by atoms with Gasteiger partial charge < -0.3 is 9.63 Å². The summed E-state index contributed by atoms with van der Waals surface area (Å²) in [6, 6.07) is 2.15. The van der Waals surface area contributed by atoms with Crippen molar-refractivity contribution in [2.24, 2.45) is 5.92 Å². The molecule has 0 aromatic carbocycles. The third-order valence-corrected chi connectivity index (χ3v) is 3.97. The fourth-order valence-corrected chi connectivity index (χ4v) is 2.77.